The summed E-state index contributed by atoms with van der Waals surface area (Å²) >= 11 is 20.6. The molecular formula is C27H27Cl3N6O3S. The molecule has 4 aromatic rings. The van der Waals surface area contributed by atoms with Crippen LogP contribution in [0.15, 0.2) is 36.0 Å². The van der Waals surface area contributed by atoms with E-state index >= 15 is 0 Å². The lowest BCUT2D eigenvalue weighted by Gasteiger charge is -2.35. The maximum absolute atomic E-state index is 13.3. The van der Waals surface area contributed by atoms with Gasteiger partial charge in [0.2, 0.25) is 0 Å². The van der Waals surface area contributed by atoms with E-state index in [2.05, 4.69) is 49.5 Å². The van der Waals surface area contributed by atoms with Gasteiger partial charge in [0.1, 0.15) is 21.4 Å². The van der Waals surface area contributed by atoms with Crippen molar-refractivity contribution in [3.63, 3.8) is 0 Å². The number of halogens is 3. The van der Waals surface area contributed by atoms with Crippen molar-refractivity contribution in [2.24, 2.45) is 0 Å². The van der Waals surface area contributed by atoms with Crippen molar-refractivity contribution < 1.29 is 14.3 Å². The van der Waals surface area contributed by atoms with Crippen LogP contribution in [0.25, 0.3) is 10.2 Å². The zero-order valence-electron chi connectivity index (χ0n) is 22.1. The fraction of sp³-hybridized carbons (Fsp3) is 0.296. The van der Waals surface area contributed by atoms with E-state index in [1.54, 1.807) is 5.38 Å². The van der Waals surface area contributed by atoms with Crippen LogP contribution in [-0.2, 0) is 0 Å². The summed E-state index contributed by atoms with van der Waals surface area (Å²) in [6, 6.07) is 8.28. The van der Waals surface area contributed by atoms with Crippen LogP contribution < -0.4 is 25.0 Å². The molecule has 0 aliphatic carbocycles. The Balaban J connectivity index is 1.36. The number of benzene rings is 2. The molecule has 0 spiro atoms. The molecule has 2 N–H and O–H groups in total. The second-order valence-electron chi connectivity index (χ2n) is 8.98. The summed E-state index contributed by atoms with van der Waals surface area (Å²) in [7, 11) is 2.82. The van der Waals surface area contributed by atoms with E-state index < -0.39 is 5.91 Å². The number of thiophene rings is 1. The van der Waals surface area contributed by atoms with Crippen molar-refractivity contribution in [1.29, 1.82) is 0 Å². The highest BCUT2D eigenvalue weighted by molar-refractivity contribution is 7.18. The molecule has 0 radical (unpaired) electrons. The average Bonchev–Trinajstić information content (AvgIpc) is 3.42. The van der Waals surface area contributed by atoms with Crippen molar-refractivity contribution in [3.8, 4) is 11.5 Å². The molecule has 13 heteroatoms. The average molecular weight is 622 g/mol. The summed E-state index contributed by atoms with van der Waals surface area (Å²) in [6.45, 7) is 7.45. The molecule has 1 amide bonds. The van der Waals surface area contributed by atoms with E-state index in [0.717, 1.165) is 43.1 Å². The summed E-state index contributed by atoms with van der Waals surface area (Å²) < 4.78 is 11.3. The molecule has 1 fully saturated rings. The van der Waals surface area contributed by atoms with Gasteiger partial charge in [-0.2, -0.15) is 0 Å². The van der Waals surface area contributed by atoms with E-state index in [-0.39, 0.29) is 32.3 Å². The summed E-state index contributed by atoms with van der Waals surface area (Å²) in [5.74, 6) is 0.416. The minimum Gasteiger partial charge on any atom is -0.493 e. The number of piperazine rings is 1. The number of aromatic nitrogens is 2. The van der Waals surface area contributed by atoms with Gasteiger partial charge in [-0.25, -0.2) is 9.97 Å². The van der Waals surface area contributed by atoms with Crippen LogP contribution in [-0.4, -0.2) is 67.7 Å². The van der Waals surface area contributed by atoms with E-state index in [4.69, 9.17) is 44.3 Å². The molecule has 210 valence electrons. The first kappa shape index (κ1) is 28.5. The highest BCUT2D eigenvalue weighted by Gasteiger charge is 2.26. The van der Waals surface area contributed by atoms with Crippen LogP contribution in [0.1, 0.15) is 17.3 Å². The van der Waals surface area contributed by atoms with Gasteiger partial charge in [-0.1, -0.05) is 41.7 Å². The van der Waals surface area contributed by atoms with Crippen molar-refractivity contribution in [2.45, 2.75) is 6.92 Å². The molecule has 1 aliphatic rings. The zero-order valence-corrected chi connectivity index (χ0v) is 25.1. The third kappa shape index (κ3) is 5.46. The molecule has 40 heavy (non-hydrogen) atoms. The number of nitrogens with one attached hydrogen (secondary N) is 2. The second-order valence-corrected chi connectivity index (χ2v) is 11.0. The Morgan fingerprint density at radius 1 is 0.975 bits per heavy atom. The number of ether oxygens (including phenoxy) is 2. The normalized spacial score (nSPS) is 13.9. The fourth-order valence-electron chi connectivity index (χ4n) is 4.58. The Morgan fingerprint density at radius 3 is 2.23 bits per heavy atom. The summed E-state index contributed by atoms with van der Waals surface area (Å²) in [5.41, 5.74) is 3.03. The van der Waals surface area contributed by atoms with Crippen LogP contribution in [0.5, 0.6) is 11.5 Å². The van der Waals surface area contributed by atoms with Gasteiger partial charge in [-0.05, 0) is 30.8 Å². The Kier molecular flexibility index (Phi) is 8.72. The summed E-state index contributed by atoms with van der Waals surface area (Å²) in [6.07, 6.45) is 1.42. The first-order valence-corrected chi connectivity index (χ1v) is 14.5. The quantitative estimate of drug-likeness (QED) is 0.222. The minimum absolute atomic E-state index is 0.0545. The van der Waals surface area contributed by atoms with Crippen molar-refractivity contribution >= 4 is 85.1 Å². The summed E-state index contributed by atoms with van der Waals surface area (Å²) in [5, 5.41) is 8.05. The first-order chi connectivity index (χ1) is 19.4. The van der Waals surface area contributed by atoms with Gasteiger partial charge in [-0.3, -0.25) is 4.79 Å². The number of fused-ring (bicyclic) bond motifs is 1. The predicted octanol–water partition coefficient (Wildman–Crippen LogP) is 6.81. The fourth-order valence-corrected chi connectivity index (χ4v) is 6.64. The number of carbonyl (C=O) groups is 1. The van der Waals surface area contributed by atoms with Crippen molar-refractivity contribution in [1.82, 2.24) is 14.9 Å². The highest BCUT2D eigenvalue weighted by Crippen LogP contribution is 2.50. The lowest BCUT2D eigenvalue weighted by molar-refractivity contribution is 0.102. The van der Waals surface area contributed by atoms with E-state index in [9.17, 15) is 4.79 Å². The number of methoxy groups -OCH3 is 2. The van der Waals surface area contributed by atoms with Gasteiger partial charge >= 0.3 is 0 Å². The van der Waals surface area contributed by atoms with Crippen LogP contribution >= 0.6 is 46.1 Å². The Morgan fingerprint density at radius 2 is 1.62 bits per heavy atom. The minimum atomic E-state index is -0.460. The largest absolute Gasteiger partial charge is 0.493 e. The number of carbonyl (C=O) groups excluding carboxylic acids is 1. The van der Waals surface area contributed by atoms with Crippen LogP contribution in [0, 0.1) is 0 Å². The summed E-state index contributed by atoms with van der Waals surface area (Å²) in [4.78, 5) is 27.0. The van der Waals surface area contributed by atoms with Crippen LogP contribution in [0.3, 0.4) is 0 Å². The maximum Gasteiger partial charge on any atom is 0.258 e. The Bertz CT molecular complexity index is 1510. The topological polar surface area (TPSA) is 91.9 Å². The molecule has 0 bridgehead atoms. The molecule has 3 heterocycles. The second kappa shape index (κ2) is 12.2. The molecule has 0 atom stereocenters. The van der Waals surface area contributed by atoms with Gasteiger partial charge < -0.3 is 29.9 Å². The lowest BCUT2D eigenvalue weighted by atomic mass is 10.2. The number of hydrogen-bond acceptors (Lipinski definition) is 9. The molecule has 0 unspecified atom stereocenters. The van der Waals surface area contributed by atoms with Gasteiger partial charge in [0.05, 0.1) is 35.7 Å². The Labute approximate surface area is 251 Å². The monoisotopic (exact) mass is 620 g/mol. The number of likely N-dealkylation sites (N-methyl/N-ethyl adjacent to an activating group) is 1. The molecule has 5 rings (SSSR count). The van der Waals surface area contributed by atoms with E-state index in [0.29, 0.717) is 16.9 Å². The molecule has 0 saturated carbocycles. The molecular weight excluding hydrogens is 595 g/mol. The van der Waals surface area contributed by atoms with Crippen LogP contribution in [0.2, 0.25) is 15.1 Å². The molecule has 9 nitrogen and oxygen atoms in total. The SMILES string of the molecule is CCN1CCN(c2ccc(Nc3ncnc4c(C(=O)Nc5c(Cl)c(OC)c(Cl)c(OC)c5Cl)csc34)cc2)CC1. The third-order valence-corrected chi connectivity index (χ3v) is 8.84. The number of anilines is 4. The molecule has 1 aliphatic heterocycles. The van der Waals surface area contributed by atoms with Gasteiger partial charge in [0.25, 0.3) is 5.91 Å². The van der Waals surface area contributed by atoms with Crippen LogP contribution in [0.4, 0.5) is 22.9 Å². The lowest BCUT2D eigenvalue weighted by Crippen LogP contribution is -2.46. The van der Waals surface area contributed by atoms with Crippen molar-refractivity contribution in [3.05, 3.63) is 56.6 Å². The van der Waals surface area contributed by atoms with Gasteiger partial charge in [0, 0.05) is 42.9 Å². The predicted molar refractivity (Wildman–Crippen MR) is 164 cm³/mol. The van der Waals surface area contributed by atoms with E-state index in [1.165, 1.54) is 37.6 Å². The maximum atomic E-state index is 13.3. The number of nitrogens with zero attached hydrogens (tertiary/aromatic N) is 4. The van der Waals surface area contributed by atoms with Gasteiger partial charge in [0.15, 0.2) is 17.3 Å². The smallest absolute Gasteiger partial charge is 0.258 e. The van der Waals surface area contributed by atoms with Gasteiger partial charge in [-0.15, -0.1) is 11.3 Å². The standard InChI is InChI=1S/C27H27Cl3N6O3S/c1-4-35-9-11-36(12-10-35)16-7-5-15(6-8-16)33-26-25-21(31-14-32-26)17(13-40-25)27(37)34-22-18(28)23(38-2)20(30)24(39-3)19(22)29/h5-8,13-14H,4,9-12H2,1-3H3,(H,34,37)(H,31,32,33). The molecule has 1 saturated heterocycles. The number of hydrogen-bond donors (Lipinski definition) is 2. The molecule has 2 aromatic carbocycles. The number of rotatable bonds is 8. The zero-order chi connectivity index (χ0) is 28.4. The Hall–Kier alpha value is -3.02. The van der Waals surface area contributed by atoms with Crippen molar-refractivity contribution in [2.75, 3.05) is 62.5 Å². The third-order valence-electron chi connectivity index (χ3n) is 6.80. The first-order valence-electron chi connectivity index (χ1n) is 12.5. The molecule has 2 aromatic heterocycles. The van der Waals surface area contributed by atoms with E-state index in [1.807, 2.05) is 12.1 Å². The number of amides is 1. The highest BCUT2D eigenvalue weighted by atomic mass is 35.5.